The van der Waals surface area contributed by atoms with Crippen LogP contribution in [0.4, 0.5) is 4.39 Å². The van der Waals surface area contributed by atoms with Crippen LogP contribution in [0.3, 0.4) is 0 Å². The van der Waals surface area contributed by atoms with E-state index < -0.39 is 5.82 Å². The van der Waals surface area contributed by atoms with Crippen molar-refractivity contribution in [2.75, 3.05) is 0 Å². The first kappa shape index (κ1) is 11.0. The summed E-state index contributed by atoms with van der Waals surface area (Å²) in [5.41, 5.74) is 0.852. The molecule has 0 amide bonds. The monoisotopic (exact) mass is 308 g/mol. The lowest BCUT2D eigenvalue weighted by atomic mass is 10.1. The highest BCUT2D eigenvalue weighted by Crippen LogP contribution is 2.33. The minimum atomic E-state index is -0.461. The average molecular weight is 310 g/mol. The minimum Gasteiger partial charge on any atom is -0.215 e. The predicted molar refractivity (Wildman–Crippen MR) is 62.0 cm³/mol. The number of rotatable bonds is 0. The Morgan fingerprint density at radius 2 is 2.00 bits per heavy atom. The van der Waals surface area contributed by atoms with Gasteiger partial charge in [-0.25, -0.2) is 14.4 Å². The molecule has 0 radical (unpaired) electrons. The van der Waals surface area contributed by atoms with Crippen LogP contribution in [0.2, 0.25) is 10.4 Å². The van der Waals surface area contributed by atoms with Crippen molar-refractivity contribution in [1.82, 2.24) is 9.97 Å². The third kappa shape index (κ3) is 1.82. The van der Waals surface area contributed by atoms with Crippen molar-refractivity contribution in [2.24, 2.45) is 0 Å². The van der Waals surface area contributed by atoms with Crippen molar-refractivity contribution < 1.29 is 4.39 Å². The molecule has 0 atom stereocenters. The molecule has 1 aromatic carbocycles. The molecule has 0 fully saturated rings. The van der Waals surface area contributed by atoms with Crippen molar-refractivity contribution >= 4 is 50.0 Å². The summed E-state index contributed by atoms with van der Waals surface area (Å²) in [6.07, 6.45) is 0. The molecule has 78 valence electrons. The maximum atomic E-state index is 13.6. The zero-order valence-electron chi connectivity index (χ0n) is 7.48. The normalized spacial score (nSPS) is 11.0. The summed E-state index contributed by atoms with van der Waals surface area (Å²) in [4.78, 5) is 7.57. The number of fused-ring (bicyclic) bond motifs is 1. The molecule has 6 heteroatoms. The van der Waals surface area contributed by atoms with Gasteiger partial charge in [-0.2, -0.15) is 0 Å². The standard InChI is InChI=1S/C9H4BrCl2FN2/c1-3-2-4(13)7-5(6(3)10)8(11)15-9(12)14-7/h2H,1H3. The number of aryl methyl sites for hydroxylation is 1. The lowest BCUT2D eigenvalue weighted by Crippen LogP contribution is -1.93. The van der Waals surface area contributed by atoms with Crippen LogP contribution < -0.4 is 0 Å². The van der Waals surface area contributed by atoms with E-state index in [-0.39, 0.29) is 16.0 Å². The summed E-state index contributed by atoms with van der Waals surface area (Å²) in [6, 6.07) is 1.37. The van der Waals surface area contributed by atoms with Gasteiger partial charge in [0.05, 0.1) is 5.39 Å². The lowest BCUT2D eigenvalue weighted by molar-refractivity contribution is 0.635. The first-order chi connectivity index (χ1) is 7.00. The molecule has 0 N–H and O–H groups in total. The molecule has 15 heavy (non-hydrogen) atoms. The number of aromatic nitrogens is 2. The second kappa shape index (κ2) is 3.85. The molecule has 0 spiro atoms. The zero-order valence-corrected chi connectivity index (χ0v) is 10.6. The predicted octanol–water partition coefficient (Wildman–Crippen LogP) is 4.15. The Kier molecular flexibility index (Phi) is 2.83. The molecular weight excluding hydrogens is 306 g/mol. The Bertz CT molecular complexity index is 560. The molecule has 0 aliphatic carbocycles. The molecule has 2 rings (SSSR count). The fraction of sp³-hybridized carbons (Fsp3) is 0.111. The van der Waals surface area contributed by atoms with E-state index in [1.807, 2.05) is 0 Å². The smallest absolute Gasteiger partial charge is 0.215 e. The average Bonchev–Trinajstić information content (AvgIpc) is 2.13. The number of halogens is 4. The van der Waals surface area contributed by atoms with Crippen LogP contribution in [0, 0.1) is 12.7 Å². The van der Waals surface area contributed by atoms with Crippen molar-refractivity contribution in [2.45, 2.75) is 6.92 Å². The van der Waals surface area contributed by atoms with Crippen LogP contribution in [0.15, 0.2) is 10.5 Å². The molecule has 1 heterocycles. The summed E-state index contributed by atoms with van der Waals surface area (Å²) < 4.78 is 14.2. The first-order valence-corrected chi connectivity index (χ1v) is 5.53. The van der Waals surface area contributed by atoms with Crippen LogP contribution in [-0.2, 0) is 0 Å². The minimum absolute atomic E-state index is 0.0675. The van der Waals surface area contributed by atoms with Crippen molar-refractivity contribution in [3.8, 4) is 0 Å². The van der Waals surface area contributed by atoms with E-state index in [1.54, 1.807) is 6.92 Å². The first-order valence-electron chi connectivity index (χ1n) is 3.98. The van der Waals surface area contributed by atoms with Gasteiger partial charge in [0.15, 0.2) is 0 Å². The van der Waals surface area contributed by atoms with Crippen LogP contribution >= 0.6 is 39.1 Å². The summed E-state index contributed by atoms with van der Waals surface area (Å²) in [5.74, 6) is -0.461. The number of nitrogens with zero attached hydrogens (tertiary/aromatic N) is 2. The molecule has 2 aromatic rings. The van der Waals surface area contributed by atoms with Crippen LogP contribution in [-0.4, -0.2) is 9.97 Å². The molecule has 0 unspecified atom stereocenters. The topological polar surface area (TPSA) is 25.8 Å². The van der Waals surface area contributed by atoms with Gasteiger partial charge in [-0.3, -0.25) is 0 Å². The highest BCUT2D eigenvalue weighted by molar-refractivity contribution is 9.10. The maximum Gasteiger partial charge on any atom is 0.224 e. The number of benzene rings is 1. The molecule has 0 saturated carbocycles. The summed E-state index contributed by atoms with van der Waals surface area (Å²) in [7, 11) is 0. The Balaban J connectivity index is 3.03. The van der Waals surface area contributed by atoms with Gasteiger partial charge in [0.1, 0.15) is 16.5 Å². The van der Waals surface area contributed by atoms with Gasteiger partial charge in [0.25, 0.3) is 0 Å². The Labute approximate surface area is 104 Å². The van der Waals surface area contributed by atoms with E-state index >= 15 is 0 Å². The highest BCUT2D eigenvalue weighted by Gasteiger charge is 2.14. The van der Waals surface area contributed by atoms with Crippen LogP contribution in [0.5, 0.6) is 0 Å². The van der Waals surface area contributed by atoms with E-state index in [2.05, 4.69) is 25.9 Å². The van der Waals surface area contributed by atoms with E-state index in [9.17, 15) is 4.39 Å². The van der Waals surface area contributed by atoms with Gasteiger partial charge in [-0.05, 0) is 46.1 Å². The van der Waals surface area contributed by atoms with Gasteiger partial charge < -0.3 is 0 Å². The van der Waals surface area contributed by atoms with E-state index in [1.165, 1.54) is 6.07 Å². The molecule has 1 aromatic heterocycles. The van der Waals surface area contributed by atoms with Crippen LogP contribution in [0.1, 0.15) is 5.56 Å². The Morgan fingerprint density at radius 1 is 1.33 bits per heavy atom. The molecule has 2 nitrogen and oxygen atoms in total. The quantitative estimate of drug-likeness (QED) is 0.540. The van der Waals surface area contributed by atoms with Gasteiger partial charge >= 0.3 is 0 Å². The third-order valence-electron chi connectivity index (χ3n) is 1.97. The molecule has 0 bridgehead atoms. The van der Waals surface area contributed by atoms with Gasteiger partial charge in [0.2, 0.25) is 5.28 Å². The van der Waals surface area contributed by atoms with Gasteiger partial charge in [0, 0.05) is 4.47 Å². The summed E-state index contributed by atoms with van der Waals surface area (Å²) in [6.45, 7) is 1.76. The van der Waals surface area contributed by atoms with E-state index in [4.69, 9.17) is 23.2 Å². The largest absolute Gasteiger partial charge is 0.224 e. The fourth-order valence-corrected chi connectivity index (χ4v) is 2.37. The Hall–Kier alpha value is -0.450. The second-order valence-corrected chi connectivity index (χ2v) is 4.49. The zero-order chi connectivity index (χ0) is 11.2. The van der Waals surface area contributed by atoms with Crippen molar-refractivity contribution in [3.05, 3.63) is 32.4 Å². The SMILES string of the molecule is Cc1cc(F)c2nc(Cl)nc(Cl)c2c1Br. The molecule has 0 aliphatic heterocycles. The molecular formula is C9H4BrCl2FN2. The lowest BCUT2D eigenvalue weighted by Gasteiger charge is -2.06. The van der Waals surface area contributed by atoms with Gasteiger partial charge in [-0.15, -0.1) is 0 Å². The fourth-order valence-electron chi connectivity index (χ4n) is 1.29. The van der Waals surface area contributed by atoms with Crippen molar-refractivity contribution in [3.63, 3.8) is 0 Å². The summed E-state index contributed by atoms with van der Waals surface area (Å²) >= 11 is 14.8. The molecule has 0 aliphatic rings. The highest BCUT2D eigenvalue weighted by atomic mass is 79.9. The van der Waals surface area contributed by atoms with Crippen LogP contribution in [0.25, 0.3) is 10.9 Å². The summed E-state index contributed by atoms with van der Waals surface area (Å²) in [5, 5.41) is 0.514. The number of hydrogen-bond acceptors (Lipinski definition) is 2. The van der Waals surface area contributed by atoms with Crippen molar-refractivity contribution in [1.29, 1.82) is 0 Å². The third-order valence-corrected chi connectivity index (χ3v) is 3.44. The number of hydrogen-bond donors (Lipinski definition) is 0. The Morgan fingerprint density at radius 3 is 2.67 bits per heavy atom. The maximum absolute atomic E-state index is 13.6. The van der Waals surface area contributed by atoms with Gasteiger partial charge in [-0.1, -0.05) is 11.6 Å². The molecule has 0 saturated heterocycles. The second-order valence-electron chi connectivity index (χ2n) is 3.00. The van der Waals surface area contributed by atoms with E-state index in [0.717, 1.165) is 5.56 Å². The van der Waals surface area contributed by atoms with E-state index in [0.29, 0.717) is 9.86 Å².